The number of nitrogens with zero attached hydrogens (tertiary/aromatic N) is 5. The maximum absolute atomic E-state index is 12.5. The lowest BCUT2D eigenvalue weighted by atomic mass is 10.1. The number of carbonyl (C=O) groups is 1. The third kappa shape index (κ3) is 5.52. The van der Waals surface area contributed by atoms with Crippen LogP contribution in [0.5, 0.6) is 0 Å². The Labute approximate surface area is 204 Å². The molecule has 36 heavy (non-hydrogen) atoms. The fourth-order valence-corrected chi connectivity index (χ4v) is 3.27. The van der Waals surface area contributed by atoms with E-state index in [1.165, 1.54) is 24.6 Å². The van der Waals surface area contributed by atoms with E-state index in [1.807, 2.05) is 12.1 Å². The molecular weight excluding hydrogens is 468 g/mol. The zero-order valence-electron chi connectivity index (χ0n) is 19.2. The molecule has 13 heteroatoms. The number of nitro groups is 1. The zero-order chi connectivity index (χ0) is 25.5. The summed E-state index contributed by atoms with van der Waals surface area (Å²) in [6.45, 7) is 2.72. The molecule has 0 bridgehead atoms. The van der Waals surface area contributed by atoms with Gasteiger partial charge >= 0.3 is 11.7 Å². The van der Waals surface area contributed by atoms with Crippen molar-refractivity contribution in [2.24, 2.45) is 0 Å². The van der Waals surface area contributed by atoms with Crippen LogP contribution in [0.3, 0.4) is 0 Å². The van der Waals surface area contributed by atoms with E-state index in [4.69, 9.17) is 14.9 Å². The van der Waals surface area contributed by atoms with E-state index in [0.29, 0.717) is 42.0 Å². The molecule has 0 amide bonds. The van der Waals surface area contributed by atoms with Crippen molar-refractivity contribution in [1.82, 2.24) is 19.9 Å². The highest BCUT2D eigenvalue weighted by molar-refractivity contribution is 5.96. The normalized spacial score (nSPS) is 10.6. The Morgan fingerprint density at radius 1 is 1.08 bits per heavy atom. The Kier molecular flexibility index (Phi) is 7.29. The first-order valence-corrected chi connectivity index (χ1v) is 10.9. The zero-order valence-corrected chi connectivity index (χ0v) is 19.2. The van der Waals surface area contributed by atoms with Crippen LogP contribution < -0.4 is 16.4 Å². The number of hydrogen-bond donors (Lipinski definition) is 3. The summed E-state index contributed by atoms with van der Waals surface area (Å²) in [4.78, 5) is 39.6. The second-order valence-corrected chi connectivity index (χ2v) is 7.30. The highest BCUT2D eigenvalue weighted by Gasteiger charge is 2.18. The lowest BCUT2D eigenvalue weighted by molar-refractivity contribution is -0.384. The predicted octanol–water partition coefficient (Wildman–Crippen LogP) is 3.38. The fourth-order valence-electron chi connectivity index (χ4n) is 3.27. The number of benzene rings is 1. The molecule has 13 nitrogen and oxygen atoms in total. The van der Waals surface area contributed by atoms with Gasteiger partial charge in [-0.15, -0.1) is 0 Å². The number of carbonyl (C=O) groups excluding carboxylic acids is 1. The molecular formula is C23H22N8O5. The van der Waals surface area contributed by atoms with Crippen LogP contribution in [0.15, 0.2) is 59.5 Å². The number of aromatic nitrogens is 4. The number of ether oxygens (including phenoxy) is 1. The number of nitrogen functional groups attached to an aromatic ring is 1. The van der Waals surface area contributed by atoms with Crippen molar-refractivity contribution in [1.29, 1.82) is 0 Å². The van der Waals surface area contributed by atoms with Crippen molar-refractivity contribution >= 4 is 29.2 Å². The highest BCUT2D eigenvalue weighted by atomic mass is 16.6. The maximum atomic E-state index is 12.5. The fraction of sp³-hybridized carbons (Fsp3) is 0.174. The van der Waals surface area contributed by atoms with Gasteiger partial charge in [-0.3, -0.25) is 10.1 Å². The monoisotopic (exact) mass is 490 g/mol. The van der Waals surface area contributed by atoms with Crippen molar-refractivity contribution in [2.75, 3.05) is 36.1 Å². The van der Waals surface area contributed by atoms with Crippen molar-refractivity contribution in [3.8, 4) is 22.7 Å². The molecule has 0 saturated heterocycles. The number of pyridine rings is 1. The average molecular weight is 490 g/mol. The second kappa shape index (κ2) is 10.9. The molecule has 184 valence electrons. The van der Waals surface area contributed by atoms with Gasteiger partial charge in [0.2, 0.25) is 17.7 Å². The quantitative estimate of drug-likeness (QED) is 0.128. The molecule has 0 aliphatic heterocycles. The van der Waals surface area contributed by atoms with E-state index in [1.54, 1.807) is 25.3 Å². The molecule has 0 unspecified atom stereocenters. The Morgan fingerprint density at radius 3 is 2.50 bits per heavy atom. The summed E-state index contributed by atoms with van der Waals surface area (Å²) in [5, 5.41) is 16.9. The second-order valence-electron chi connectivity index (χ2n) is 7.30. The van der Waals surface area contributed by atoms with E-state index in [0.717, 1.165) is 5.56 Å². The van der Waals surface area contributed by atoms with Crippen LogP contribution >= 0.6 is 0 Å². The minimum Gasteiger partial charge on any atom is -0.462 e. The number of esters is 1. The van der Waals surface area contributed by atoms with Gasteiger partial charge in [0.15, 0.2) is 0 Å². The standard InChI is InChI=1S/C23H22N8O5/c1-2-35-22(32)16-13-28-23(27-10-9-25-18-8-7-17(31(33)34)20(24)29-18)30-19(16)14-3-5-15(6-4-14)21-26-11-12-36-21/h3-8,11-13H,2,9-10H2,1H3,(H3,24,25,29)(H,27,28,30). The molecule has 0 spiro atoms. The number of nitrogens with one attached hydrogen (secondary N) is 2. The predicted molar refractivity (Wildman–Crippen MR) is 131 cm³/mol. The van der Waals surface area contributed by atoms with Crippen molar-refractivity contribution in [3.05, 3.63) is 70.7 Å². The first-order chi connectivity index (χ1) is 17.5. The van der Waals surface area contributed by atoms with Gasteiger partial charge in [-0.25, -0.2) is 24.7 Å². The van der Waals surface area contributed by atoms with Crippen LogP contribution in [0.1, 0.15) is 17.3 Å². The Morgan fingerprint density at radius 2 is 1.83 bits per heavy atom. The average Bonchev–Trinajstić information content (AvgIpc) is 3.42. The molecule has 0 fully saturated rings. The Bertz CT molecular complexity index is 1360. The van der Waals surface area contributed by atoms with E-state index in [-0.39, 0.29) is 23.7 Å². The summed E-state index contributed by atoms with van der Waals surface area (Å²) in [5.41, 5.74) is 7.45. The molecule has 3 heterocycles. The summed E-state index contributed by atoms with van der Waals surface area (Å²) in [6.07, 6.45) is 4.47. The van der Waals surface area contributed by atoms with Crippen LogP contribution in [-0.2, 0) is 4.74 Å². The van der Waals surface area contributed by atoms with Gasteiger partial charge in [0.25, 0.3) is 0 Å². The Hall–Kier alpha value is -5.07. The molecule has 0 aliphatic rings. The smallest absolute Gasteiger partial charge is 0.341 e. The lowest BCUT2D eigenvalue weighted by Gasteiger charge is -2.12. The number of oxazole rings is 1. The molecule has 0 aliphatic carbocycles. The topological polar surface area (TPSA) is 184 Å². The van der Waals surface area contributed by atoms with Gasteiger partial charge in [-0.1, -0.05) is 12.1 Å². The first-order valence-electron chi connectivity index (χ1n) is 10.9. The summed E-state index contributed by atoms with van der Waals surface area (Å²) in [5.74, 6) is 0.473. The summed E-state index contributed by atoms with van der Waals surface area (Å²) in [7, 11) is 0. The lowest BCUT2D eigenvalue weighted by Crippen LogP contribution is -2.17. The largest absolute Gasteiger partial charge is 0.462 e. The number of hydrogen-bond acceptors (Lipinski definition) is 12. The van der Waals surface area contributed by atoms with E-state index in [2.05, 4.69) is 30.6 Å². The van der Waals surface area contributed by atoms with Crippen molar-refractivity contribution in [2.45, 2.75) is 6.92 Å². The van der Waals surface area contributed by atoms with Crippen molar-refractivity contribution < 1.29 is 18.9 Å². The van der Waals surface area contributed by atoms with Gasteiger partial charge in [0.05, 0.1) is 23.4 Å². The highest BCUT2D eigenvalue weighted by Crippen LogP contribution is 2.26. The van der Waals surface area contributed by atoms with Crippen LogP contribution in [0.25, 0.3) is 22.7 Å². The maximum Gasteiger partial charge on any atom is 0.341 e. The Balaban J connectivity index is 1.47. The summed E-state index contributed by atoms with van der Waals surface area (Å²) in [6, 6.07) is 10.0. The molecule has 3 aromatic heterocycles. The molecule has 0 saturated carbocycles. The minimum absolute atomic E-state index is 0.172. The molecule has 4 N–H and O–H groups in total. The van der Waals surface area contributed by atoms with Gasteiger partial charge in [0.1, 0.15) is 17.6 Å². The number of anilines is 3. The van der Waals surface area contributed by atoms with Gasteiger partial charge in [-0.2, -0.15) is 0 Å². The van der Waals surface area contributed by atoms with Crippen LogP contribution in [0.2, 0.25) is 0 Å². The number of rotatable bonds is 10. The van der Waals surface area contributed by atoms with Crippen LogP contribution in [0.4, 0.5) is 23.3 Å². The SMILES string of the molecule is CCOC(=O)c1cnc(NCCNc2ccc([N+](=O)[O-])c(N)n2)nc1-c1ccc(-c2ncco2)cc1. The van der Waals surface area contributed by atoms with Crippen molar-refractivity contribution in [3.63, 3.8) is 0 Å². The van der Waals surface area contributed by atoms with Gasteiger partial charge in [-0.05, 0) is 25.1 Å². The summed E-state index contributed by atoms with van der Waals surface area (Å²) >= 11 is 0. The molecule has 1 aromatic carbocycles. The first kappa shape index (κ1) is 24.1. The summed E-state index contributed by atoms with van der Waals surface area (Å²) < 4.78 is 10.5. The van der Waals surface area contributed by atoms with E-state index >= 15 is 0 Å². The molecule has 4 rings (SSSR count). The molecule has 0 atom stereocenters. The van der Waals surface area contributed by atoms with Gasteiger partial charge < -0.3 is 25.5 Å². The van der Waals surface area contributed by atoms with E-state index < -0.39 is 10.9 Å². The van der Waals surface area contributed by atoms with Crippen LogP contribution in [-0.4, -0.2) is 50.5 Å². The molecule has 4 aromatic rings. The molecule has 0 radical (unpaired) electrons. The minimum atomic E-state index is -0.593. The van der Waals surface area contributed by atoms with Gasteiger partial charge in [0, 0.05) is 36.5 Å². The van der Waals surface area contributed by atoms with Crippen LogP contribution in [0, 0.1) is 10.1 Å². The number of nitrogens with two attached hydrogens (primary N) is 1. The third-order valence-corrected chi connectivity index (χ3v) is 4.94. The third-order valence-electron chi connectivity index (χ3n) is 4.94. The van der Waals surface area contributed by atoms with E-state index in [9.17, 15) is 14.9 Å².